The number of hydrogen-bond donors (Lipinski definition) is 0. The topological polar surface area (TPSA) is 3.24 Å². The van der Waals surface area contributed by atoms with Gasteiger partial charge in [-0.2, -0.15) is 0 Å². The van der Waals surface area contributed by atoms with Crippen LogP contribution in [0.3, 0.4) is 0 Å². The first-order valence-electron chi connectivity index (χ1n) is 8.90. The van der Waals surface area contributed by atoms with Crippen molar-refractivity contribution in [2.75, 3.05) is 4.90 Å². The fraction of sp³-hybridized carbons (Fsp3) is 0.304. The minimum absolute atomic E-state index is 0.914. The molecule has 1 heteroatoms. The summed E-state index contributed by atoms with van der Waals surface area (Å²) >= 11 is 0. The Kier molecular flexibility index (Phi) is 4.62. The SMILES string of the molecule is C=C1c2cc(CC)ccc2CN1c1ccc(C)c(/C=C(/C)CC)c1. The average Bonchev–Trinajstić information content (AvgIpc) is 2.93. The Bertz CT molecular complexity index is 811. The first-order valence-corrected chi connectivity index (χ1v) is 8.90. The van der Waals surface area contributed by atoms with Crippen LogP contribution in [0.4, 0.5) is 5.69 Å². The molecule has 2 aromatic carbocycles. The average molecular weight is 317 g/mol. The van der Waals surface area contributed by atoms with Crippen LogP contribution in [0.2, 0.25) is 0 Å². The molecule has 1 nitrogen and oxygen atoms in total. The number of hydrogen-bond acceptors (Lipinski definition) is 1. The Morgan fingerprint density at radius 1 is 1.17 bits per heavy atom. The minimum atomic E-state index is 0.914. The highest BCUT2D eigenvalue weighted by molar-refractivity contribution is 5.84. The zero-order chi connectivity index (χ0) is 17.3. The van der Waals surface area contributed by atoms with Crippen molar-refractivity contribution in [3.05, 3.63) is 76.4 Å². The second-order valence-electron chi connectivity index (χ2n) is 6.76. The molecular weight excluding hydrogens is 290 g/mol. The Morgan fingerprint density at radius 3 is 2.67 bits per heavy atom. The van der Waals surface area contributed by atoms with Gasteiger partial charge < -0.3 is 4.90 Å². The molecule has 0 amide bonds. The molecule has 1 aliphatic rings. The molecule has 0 spiro atoms. The van der Waals surface area contributed by atoms with Crippen molar-refractivity contribution in [1.29, 1.82) is 0 Å². The zero-order valence-corrected chi connectivity index (χ0v) is 15.3. The highest BCUT2D eigenvalue weighted by Gasteiger charge is 2.23. The third-order valence-corrected chi connectivity index (χ3v) is 5.08. The first-order chi connectivity index (χ1) is 11.5. The van der Waals surface area contributed by atoms with Crippen LogP contribution in [0.5, 0.6) is 0 Å². The lowest BCUT2D eigenvalue weighted by atomic mass is 10.0. The van der Waals surface area contributed by atoms with Gasteiger partial charge in [0.25, 0.3) is 0 Å². The lowest BCUT2D eigenvalue weighted by molar-refractivity contribution is 1.04. The van der Waals surface area contributed by atoms with Crippen LogP contribution >= 0.6 is 0 Å². The van der Waals surface area contributed by atoms with Gasteiger partial charge in [0, 0.05) is 23.5 Å². The zero-order valence-electron chi connectivity index (χ0n) is 15.3. The van der Waals surface area contributed by atoms with Crippen molar-refractivity contribution in [2.24, 2.45) is 0 Å². The van der Waals surface area contributed by atoms with Gasteiger partial charge in [-0.15, -0.1) is 0 Å². The number of allylic oxidation sites excluding steroid dienone is 1. The van der Waals surface area contributed by atoms with Crippen LogP contribution in [0.15, 0.2) is 48.6 Å². The second-order valence-corrected chi connectivity index (χ2v) is 6.76. The lowest BCUT2D eigenvalue weighted by Gasteiger charge is -2.21. The number of benzene rings is 2. The molecule has 0 fully saturated rings. The normalized spacial score (nSPS) is 14.2. The minimum Gasteiger partial charge on any atom is -0.337 e. The van der Waals surface area contributed by atoms with Gasteiger partial charge in [0.15, 0.2) is 0 Å². The molecular formula is C23H27N. The Balaban J connectivity index is 1.96. The summed E-state index contributed by atoms with van der Waals surface area (Å²) in [4.78, 5) is 2.34. The molecule has 0 aromatic heterocycles. The van der Waals surface area contributed by atoms with E-state index >= 15 is 0 Å². The number of fused-ring (bicyclic) bond motifs is 1. The van der Waals surface area contributed by atoms with E-state index in [2.05, 4.69) is 81.6 Å². The van der Waals surface area contributed by atoms with E-state index in [9.17, 15) is 0 Å². The van der Waals surface area contributed by atoms with E-state index in [-0.39, 0.29) is 0 Å². The van der Waals surface area contributed by atoms with Gasteiger partial charge in [0.2, 0.25) is 0 Å². The number of aryl methyl sites for hydroxylation is 2. The van der Waals surface area contributed by atoms with E-state index in [0.29, 0.717) is 0 Å². The molecule has 0 N–H and O–H groups in total. The molecule has 0 aliphatic carbocycles. The summed E-state index contributed by atoms with van der Waals surface area (Å²) in [6.45, 7) is 14.1. The van der Waals surface area contributed by atoms with Crippen LogP contribution in [0.25, 0.3) is 11.8 Å². The first kappa shape index (κ1) is 16.6. The summed E-state index contributed by atoms with van der Waals surface area (Å²) in [6.07, 6.45) is 4.46. The van der Waals surface area contributed by atoms with Crippen LogP contribution in [0, 0.1) is 6.92 Å². The summed E-state index contributed by atoms with van der Waals surface area (Å²) in [7, 11) is 0. The molecule has 124 valence electrons. The summed E-state index contributed by atoms with van der Waals surface area (Å²) in [5.74, 6) is 0. The standard InChI is InChI=1S/C23H27N/c1-6-16(3)12-21-14-22(11-8-17(21)4)24-15-20-10-9-19(7-2)13-23(20)18(24)5/h8-14H,5-7,15H2,1-4H3/b16-12-. The Morgan fingerprint density at radius 2 is 1.96 bits per heavy atom. The molecule has 3 rings (SSSR count). The molecule has 1 heterocycles. The summed E-state index contributed by atoms with van der Waals surface area (Å²) in [5.41, 5.74) is 10.4. The monoisotopic (exact) mass is 317 g/mol. The molecule has 24 heavy (non-hydrogen) atoms. The predicted octanol–water partition coefficient (Wildman–Crippen LogP) is 6.36. The maximum atomic E-state index is 4.37. The maximum Gasteiger partial charge on any atom is 0.0488 e. The predicted molar refractivity (Wildman–Crippen MR) is 106 cm³/mol. The Labute approximate surface area is 146 Å². The van der Waals surface area contributed by atoms with E-state index in [1.807, 2.05) is 0 Å². The quantitative estimate of drug-likeness (QED) is 0.634. The van der Waals surface area contributed by atoms with Gasteiger partial charge >= 0.3 is 0 Å². The van der Waals surface area contributed by atoms with Crippen LogP contribution in [-0.4, -0.2) is 0 Å². The number of anilines is 1. The molecule has 0 radical (unpaired) electrons. The highest BCUT2D eigenvalue weighted by Crippen LogP contribution is 2.37. The molecule has 2 aromatic rings. The largest absolute Gasteiger partial charge is 0.337 e. The second kappa shape index (κ2) is 6.68. The smallest absolute Gasteiger partial charge is 0.0488 e. The molecule has 0 bridgehead atoms. The van der Waals surface area contributed by atoms with Crippen molar-refractivity contribution in [3.8, 4) is 0 Å². The maximum absolute atomic E-state index is 4.37. The number of nitrogens with zero attached hydrogens (tertiary/aromatic N) is 1. The van der Waals surface area contributed by atoms with Crippen molar-refractivity contribution >= 4 is 17.5 Å². The van der Waals surface area contributed by atoms with Crippen LogP contribution < -0.4 is 4.90 Å². The van der Waals surface area contributed by atoms with E-state index in [4.69, 9.17) is 0 Å². The van der Waals surface area contributed by atoms with E-state index in [1.54, 1.807) is 0 Å². The van der Waals surface area contributed by atoms with Gasteiger partial charge in [-0.1, -0.05) is 50.3 Å². The number of rotatable bonds is 4. The van der Waals surface area contributed by atoms with Crippen molar-refractivity contribution in [1.82, 2.24) is 0 Å². The fourth-order valence-electron chi connectivity index (χ4n) is 3.23. The fourth-order valence-corrected chi connectivity index (χ4v) is 3.23. The molecule has 1 aliphatic heterocycles. The highest BCUT2D eigenvalue weighted by atomic mass is 15.2. The molecule has 0 saturated heterocycles. The third-order valence-electron chi connectivity index (χ3n) is 5.08. The van der Waals surface area contributed by atoms with E-state index in [0.717, 1.165) is 25.1 Å². The van der Waals surface area contributed by atoms with Gasteiger partial charge in [-0.3, -0.25) is 0 Å². The summed E-state index contributed by atoms with van der Waals surface area (Å²) < 4.78 is 0. The van der Waals surface area contributed by atoms with E-state index in [1.165, 1.54) is 39.1 Å². The van der Waals surface area contributed by atoms with E-state index < -0.39 is 0 Å². The Hall–Kier alpha value is -2.28. The molecule has 0 atom stereocenters. The summed E-state index contributed by atoms with van der Waals surface area (Å²) in [6, 6.07) is 13.5. The van der Waals surface area contributed by atoms with Crippen molar-refractivity contribution in [3.63, 3.8) is 0 Å². The van der Waals surface area contributed by atoms with Gasteiger partial charge in [0.1, 0.15) is 0 Å². The van der Waals surface area contributed by atoms with Crippen molar-refractivity contribution in [2.45, 2.75) is 47.1 Å². The van der Waals surface area contributed by atoms with Crippen LogP contribution in [-0.2, 0) is 13.0 Å². The van der Waals surface area contributed by atoms with Gasteiger partial charge in [-0.25, -0.2) is 0 Å². The van der Waals surface area contributed by atoms with Crippen LogP contribution in [0.1, 0.15) is 55.0 Å². The van der Waals surface area contributed by atoms with Gasteiger partial charge in [-0.05, 0) is 67.1 Å². The third kappa shape index (κ3) is 3.03. The summed E-state index contributed by atoms with van der Waals surface area (Å²) in [5, 5.41) is 0. The molecule has 0 unspecified atom stereocenters. The molecule has 0 saturated carbocycles. The van der Waals surface area contributed by atoms with Crippen molar-refractivity contribution < 1.29 is 0 Å². The lowest BCUT2D eigenvalue weighted by Crippen LogP contribution is -2.13. The van der Waals surface area contributed by atoms with Gasteiger partial charge in [0.05, 0.1) is 0 Å².